The SMILES string of the molecule is O=C(Nc1cccc(OCc2cccnc2)c1)c1cc(=O)cco1. The van der Waals surface area contributed by atoms with Crippen LogP contribution in [0.5, 0.6) is 5.75 Å². The highest BCUT2D eigenvalue weighted by atomic mass is 16.5. The lowest BCUT2D eigenvalue weighted by Crippen LogP contribution is -2.14. The molecular weight excluding hydrogens is 308 g/mol. The molecule has 0 saturated carbocycles. The van der Waals surface area contributed by atoms with Gasteiger partial charge in [-0.25, -0.2) is 0 Å². The highest BCUT2D eigenvalue weighted by Gasteiger charge is 2.09. The monoisotopic (exact) mass is 322 g/mol. The van der Waals surface area contributed by atoms with Crippen LogP contribution >= 0.6 is 0 Å². The van der Waals surface area contributed by atoms with E-state index in [1.54, 1.807) is 36.7 Å². The molecule has 2 aromatic heterocycles. The van der Waals surface area contributed by atoms with E-state index in [0.29, 0.717) is 18.0 Å². The van der Waals surface area contributed by atoms with Gasteiger partial charge in [-0.3, -0.25) is 14.6 Å². The zero-order valence-electron chi connectivity index (χ0n) is 12.6. The molecule has 120 valence electrons. The quantitative estimate of drug-likeness (QED) is 0.781. The van der Waals surface area contributed by atoms with Crippen molar-refractivity contribution in [2.45, 2.75) is 6.61 Å². The molecule has 2 heterocycles. The lowest BCUT2D eigenvalue weighted by atomic mass is 10.2. The highest BCUT2D eigenvalue weighted by molar-refractivity contribution is 6.02. The molecule has 0 bridgehead atoms. The molecule has 24 heavy (non-hydrogen) atoms. The number of benzene rings is 1. The summed E-state index contributed by atoms with van der Waals surface area (Å²) in [7, 11) is 0. The summed E-state index contributed by atoms with van der Waals surface area (Å²) in [5, 5.41) is 2.66. The second-order valence-corrected chi connectivity index (χ2v) is 4.96. The van der Waals surface area contributed by atoms with Gasteiger partial charge in [0.2, 0.25) is 0 Å². The van der Waals surface area contributed by atoms with Crippen molar-refractivity contribution in [3.8, 4) is 5.75 Å². The van der Waals surface area contributed by atoms with Gasteiger partial charge in [-0.05, 0) is 18.2 Å². The molecule has 0 atom stereocenters. The first-order valence-electron chi connectivity index (χ1n) is 7.23. The minimum absolute atomic E-state index is 0.0517. The fraction of sp³-hybridized carbons (Fsp3) is 0.0556. The Hall–Kier alpha value is -3.41. The summed E-state index contributed by atoms with van der Waals surface area (Å²) in [6.07, 6.45) is 4.61. The molecule has 0 unspecified atom stereocenters. The van der Waals surface area contributed by atoms with Crippen molar-refractivity contribution in [1.82, 2.24) is 4.98 Å². The Kier molecular flexibility index (Phi) is 4.67. The van der Waals surface area contributed by atoms with Crippen molar-refractivity contribution in [1.29, 1.82) is 0 Å². The number of rotatable bonds is 5. The molecule has 0 aliphatic carbocycles. The summed E-state index contributed by atoms with van der Waals surface area (Å²) >= 11 is 0. The molecule has 6 nitrogen and oxygen atoms in total. The third-order valence-corrected chi connectivity index (χ3v) is 3.14. The molecule has 1 aromatic carbocycles. The van der Waals surface area contributed by atoms with Crippen molar-refractivity contribution in [3.63, 3.8) is 0 Å². The van der Waals surface area contributed by atoms with Crippen LogP contribution in [0.3, 0.4) is 0 Å². The maximum Gasteiger partial charge on any atom is 0.291 e. The number of hydrogen-bond acceptors (Lipinski definition) is 5. The second kappa shape index (κ2) is 7.23. The number of carbonyl (C=O) groups is 1. The summed E-state index contributed by atoms with van der Waals surface area (Å²) in [6, 6.07) is 13.1. The van der Waals surface area contributed by atoms with Gasteiger partial charge < -0.3 is 14.5 Å². The number of nitrogens with zero attached hydrogens (tertiary/aromatic N) is 1. The maximum absolute atomic E-state index is 12.1. The molecule has 0 fully saturated rings. The molecule has 3 rings (SSSR count). The van der Waals surface area contributed by atoms with Gasteiger partial charge in [-0.15, -0.1) is 0 Å². The topological polar surface area (TPSA) is 81.4 Å². The molecule has 0 spiro atoms. The summed E-state index contributed by atoms with van der Waals surface area (Å²) < 4.78 is 10.7. The van der Waals surface area contributed by atoms with Crippen LogP contribution < -0.4 is 15.5 Å². The Balaban J connectivity index is 1.66. The van der Waals surface area contributed by atoms with Crippen molar-refractivity contribution in [3.05, 3.63) is 88.7 Å². The predicted molar refractivity (Wildman–Crippen MR) is 87.9 cm³/mol. The Labute approximate surface area is 137 Å². The first kappa shape index (κ1) is 15.5. The molecular formula is C18H14N2O4. The van der Waals surface area contributed by atoms with E-state index in [0.717, 1.165) is 11.6 Å². The summed E-state index contributed by atoms with van der Waals surface area (Å²) in [5.41, 5.74) is 1.19. The second-order valence-electron chi connectivity index (χ2n) is 4.96. The van der Waals surface area contributed by atoms with E-state index < -0.39 is 5.91 Å². The molecule has 0 aliphatic rings. The average Bonchev–Trinajstić information content (AvgIpc) is 2.61. The number of pyridine rings is 1. The molecule has 1 N–H and O–H groups in total. The highest BCUT2D eigenvalue weighted by Crippen LogP contribution is 2.19. The van der Waals surface area contributed by atoms with Crippen molar-refractivity contribution < 1.29 is 13.9 Å². The standard InChI is InChI=1S/C18H14N2O4/c21-15-6-8-23-17(10-15)18(22)20-14-4-1-5-16(9-14)24-12-13-3-2-7-19-11-13/h1-11H,12H2,(H,20,22). The van der Waals surface area contributed by atoms with Crippen LogP contribution in [0.4, 0.5) is 5.69 Å². The van der Waals surface area contributed by atoms with Crippen LogP contribution in [0, 0.1) is 0 Å². The molecule has 3 aromatic rings. The third-order valence-electron chi connectivity index (χ3n) is 3.14. The van der Waals surface area contributed by atoms with E-state index in [1.807, 2.05) is 12.1 Å². The van der Waals surface area contributed by atoms with Gasteiger partial charge in [0.1, 0.15) is 12.4 Å². The van der Waals surface area contributed by atoms with E-state index in [9.17, 15) is 9.59 Å². The molecule has 0 aliphatic heterocycles. The minimum Gasteiger partial charge on any atom is -0.489 e. The lowest BCUT2D eigenvalue weighted by molar-refractivity contribution is 0.0994. The number of aromatic nitrogens is 1. The van der Waals surface area contributed by atoms with Gasteiger partial charge in [0.15, 0.2) is 11.2 Å². The van der Waals surface area contributed by atoms with E-state index >= 15 is 0 Å². The smallest absolute Gasteiger partial charge is 0.291 e. The molecule has 0 radical (unpaired) electrons. The zero-order chi connectivity index (χ0) is 16.8. The van der Waals surface area contributed by atoms with Crippen molar-refractivity contribution in [2.75, 3.05) is 5.32 Å². The van der Waals surface area contributed by atoms with Gasteiger partial charge in [-0.1, -0.05) is 12.1 Å². The number of carbonyl (C=O) groups excluding carboxylic acids is 1. The Morgan fingerprint density at radius 2 is 2.08 bits per heavy atom. The van der Waals surface area contributed by atoms with Crippen LogP contribution in [-0.4, -0.2) is 10.9 Å². The van der Waals surface area contributed by atoms with E-state index in [4.69, 9.17) is 9.15 Å². The number of anilines is 1. The Bertz CT molecular complexity index is 891. The van der Waals surface area contributed by atoms with Gasteiger partial charge in [-0.2, -0.15) is 0 Å². The normalized spacial score (nSPS) is 10.2. The third kappa shape index (κ3) is 4.07. The van der Waals surface area contributed by atoms with Gasteiger partial charge in [0, 0.05) is 41.8 Å². The first-order valence-corrected chi connectivity index (χ1v) is 7.23. The van der Waals surface area contributed by atoms with Crippen LogP contribution in [0.2, 0.25) is 0 Å². The summed E-state index contributed by atoms with van der Waals surface area (Å²) in [5.74, 6) is 0.0486. The predicted octanol–water partition coefficient (Wildman–Crippen LogP) is 2.87. The number of amides is 1. The fourth-order valence-electron chi connectivity index (χ4n) is 2.01. The number of nitrogens with one attached hydrogen (secondary N) is 1. The van der Waals surface area contributed by atoms with Gasteiger partial charge in [0.25, 0.3) is 5.91 Å². The Morgan fingerprint density at radius 3 is 2.88 bits per heavy atom. The van der Waals surface area contributed by atoms with Crippen LogP contribution in [0.15, 0.2) is 76.4 Å². The first-order chi connectivity index (χ1) is 11.7. The van der Waals surface area contributed by atoms with Gasteiger partial charge >= 0.3 is 0 Å². The number of ether oxygens (including phenoxy) is 1. The lowest BCUT2D eigenvalue weighted by Gasteiger charge is -2.09. The van der Waals surface area contributed by atoms with Gasteiger partial charge in [0.05, 0.1) is 6.26 Å². The van der Waals surface area contributed by atoms with E-state index in [2.05, 4.69) is 10.3 Å². The van der Waals surface area contributed by atoms with Crippen molar-refractivity contribution >= 4 is 11.6 Å². The van der Waals surface area contributed by atoms with Crippen LogP contribution in [0.1, 0.15) is 16.1 Å². The van der Waals surface area contributed by atoms with Crippen LogP contribution in [-0.2, 0) is 6.61 Å². The minimum atomic E-state index is -0.503. The van der Waals surface area contributed by atoms with Crippen molar-refractivity contribution in [2.24, 2.45) is 0 Å². The van der Waals surface area contributed by atoms with E-state index in [1.165, 1.54) is 12.3 Å². The van der Waals surface area contributed by atoms with Crippen LogP contribution in [0.25, 0.3) is 0 Å². The molecule has 0 saturated heterocycles. The van der Waals surface area contributed by atoms with E-state index in [-0.39, 0.29) is 11.2 Å². The number of hydrogen-bond donors (Lipinski definition) is 1. The summed E-state index contributed by atoms with van der Waals surface area (Å²) in [6.45, 7) is 0.374. The Morgan fingerprint density at radius 1 is 1.17 bits per heavy atom. The fourth-order valence-corrected chi connectivity index (χ4v) is 2.01. The zero-order valence-corrected chi connectivity index (χ0v) is 12.6. The molecule has 6 heteroatoms. The summed E-state index contributed by atoms with van der Waals surface area (Å²) in [4.78, 5) is 27.3. The largest absolute Gasteiger partial charge is 0.489 e. The average molecular weight is 322 g/mol. The molecule has 1 amide bonds. The maximum atomic E-state index is 12.1.